The molecule has 0 saturated heterocycles. The van der Waals surface area contributed by atoms with E-state index in [1.807, 2.05) is 6.07 Å². The van der Waals surface area contributed by atoms with Gasteiger partial charge < -0.3 is 14.5 Å². The molecule has 1 aromatic heterocycles. The van der Waals surface area contributed by atoms with E-state index in [0.29, 0.717) is 17.4 Å². The van der Waals surface area contributed by atoms with Crippen LogP contribution in [0.15, 0.2) is 16.5 Å². The first-order valence-corrected chi connectivity index (χ1v) is 5.16. The Hall–Kier alpha value is -0.510. The number of hydrogen-bond donors (Lipinski definition) is 1. The predicted octanol–water partition coefficient (Wildman–Crippen LogP) is 2.20. The van der Waals surface area contributed by atoms with Crippen molar-refractivity contribution in [2.75, 3.05) is 7.11 Å². The molecule has 0 bridgehead atoms. The van der Waals surface area contributed by atoms with E-state index in [1.165, 1.54) is 0 Å². The molecule has 0 unspecified atom stereocenters. The van der Waals surface area contributed by atoms with Gasteiger partial charge in [0.15, 0.2) is 5.22 Å². The van der Waals surface area contributed by atoms with Crippen molar-refractivity contribution >= 4 is 11.6 Å². The second kappa shape index (κ2) is 4.34. The number of hydrogen-bond acceptors (Lipinski definition) is 3. The lowest BCUT2D eigenvalue weighted by molar-refractivity contribution is 0.0165. The van der Waals surface area contributed by atoms with Crippen LogP contribution in [-0.2, 0) is 11.3 Å². The maximum Gasteiger partial charge on any atom is 0.193 e. The first kappa shape index (κ1) is 10.0. The normalized spacial score (nSPS) is 26.1. The van der Waals surface area contributed by atoms with Gasteiger partial charge in [0.05, 0.1) is 12.6 Å². The van der Waals surface area contributed by atoms with Crippen molar-refractivity contribution in [3.8, 4) is 0 Å². The Bertz CT molecular complexity index is 294. The third kappa shape index (κ3) is 2.29. The minimum absolute atomic E-state index is 0.438. The maximum absolute atomic E-state index is 5.65. The van der Waals surface area contributed by atoms with Crippen LogP contribution >= 0.6 is 11.6 Å². The van der Waals surface area contributed by atoms with E-state index in [9.17, 15) is 0 Å². The quantitative estimate of drug-likeness (QED) is 0.836. The van der Waals surface area contributed by atoms with E-state index < -0.39 is 0 Å². The van der Waals surface area contributed by atoms with Crippen LogP contribution in [0.1, 0.15) is 18.6 Å². The van der Waals surface area contributed by atoms with E-state index in [2.05, 4.69) is 5.32 Å². The van der Waals surface area contributed by atoms with E-state index in [4.69, 9.17) is 20.8 Å². The molecule has 1 fully saturated rings. The summed E-state index contributed by atoms with van der Waals surface area (Å²) in [6, 6.07) is 4.21. The van der Waals surface area contributed by atoms with Crippen molar-refractivity contribution in [2.24, 2.45) is 0 Å². The molecule has 1 aromatic rings. The average molecular weight is 216 g/mol. The summed E-state index contributed by atoms with van der Waals surface area (Å²) >= 11 is 5.65. The van der Waals surface area contributed by atoms with Crippen molar-refractivity contribution in [1.29, 1.82) is 0 Å². The largest absolute Gasteiger partial charge is 0.448 e. The highest BCUT2D eigenvalue weighted by Gasteiger charge is 2.28. The Morgan fingerprint density at radius 2 is 2.36 bits per heavy atom. The summed E-state index contributed by atoms with van der Waals surface area (Å²) < 4.78 is 10.4. The summed E-state index contributed by atoms with van der Waals surface area (Å²) in [5, 5.41) is 3.83. The van der Waals surface area contributed by atoms with Crippen molar-refractivity contribution in [2.45, 2.75) is 31.5 Å². The summed E-state index contributed by atoms with van der Waals surface area (Å²) in [7, 11) is 1.76. The molecule has 1 heterocycles. The van der Waals surface area contributed by atoms with Gasteiger partial charge in [-0.15, -0.1) is 0 Å². The molecule has 3 nitrogen and oxygen atoms in total. The highest BCUT2D eigenvalue weighted by atomic mass is 35.5. The molecule has 0 atom stereocenters. The second-order valence-electron chi connectivity index (χ2n) is 3.61. The third-order valence-electron chi connectivity index (χ3n) is 2.62. The lowest BCUT2D eigenvalue weighted by atomic mass is 9.89. The molecule has 0 amide bonds. The molecular formula is C10H14ClNO2. The van der Waals surface area contributed by atoms with Crippen molar-refractivity contribution in [1.82, 2.24) is 5.32 Å². The molecule has 0 radical (unpaired) electrons. The average Bonchev–Trinajstić information content (AvgIpc) is 2.49. The van der Waals surface area contributed by atoms with Crippen LogP contribution in [0.5, 0.6) is 0 Å². The minimum Gasteiger partial charge on any atom is -0.448 e. The van der Waals surface area contributed by atoms with E-state index in [0.717, 1.165) is 25.1 Å². The molecule has 0 aromatic carbocycles. The summed E-state index contributed by atoms with van der Waals surface area (Å²) in [6.07, 6.45) is 2.61. The van der Waals surface area contributed by atoms with Gasteiger partial charge in [0.1, 0.15) is 5.76 Å². The lowest BCUT2D eigenvalue weighted by Gasteiger charge is -2.34. The number of nitrogens with one attached hydrogen (secondary N) is 1. The Morgan fingerprint density at radius 3 is 2.93 bits per heavy atom. The topological polar surface area (TPSA) is 34.4 Å². The second-order valence-corrected chi connectivity index (χ2v) is 3.99. The van der Waals surface area contributed by atoms with Crippen LogP contribution in [0.2, 0.25) is 5.22 Å². The van der Waals surface area contributed by atoms with Crippen molar-refractivity contribution in [3.63, 3.8) is 0 Å². The zero-order valence-corrected chi connectivity index (χ0v) is 8.88. The molecule has 14 heavy (non-hydrogen) atoms. The van der Waals surface area contributed by atoms with Gasteiger partial charge in [-0.2, -0.15) is 0 Å². The number of ether oxygens (including phenoxy) is 1. The van der Waals surface area contributed by atoms with Gasteiger partial charge in [0.2, 0.25) is 0 Å². The van der Waals surface area contributed by atoms with Gasteiger partial charge in [-0.1, -0.05) is 0 Å². The van der Waals surface area contributed by atoms with Crippen LogP contribution in [0.25, 0.3) is 0 Å². The van der Waals surface area contributed by atoms with Gasteiger partial charge in [0.25, 0.3) is 0 Å². The molecule has 0 aliphatic heterocycles. The number of halogens is 1. The number of methoxy groups -OCH3 is 1. The maximum atomic E-state index is 5.65. The van der Waals surface area contributed by atoms with Gasteiger partial charge in [-0.05, 0) is 36.6 Å². The molecular weight excluding hydrogens is 202 g/mol. The first-order valence-electron chi connectivity index (χ1n) is 4.78. The standard InChI is InChI=1S/C10H14ClNO2/c1-13-9-4-7(5-9)12-6-8-2-3-10(11)14-8/h2-3,7,9,12H,4-6H2,1H3. The number of rotatable bonds is 4. The SMILES string of the molecule is COC1CC(NCc2ccc(Cl)o2)C1. The van der Waals surface area contributed by atoms with Crippen molar-refractivity contribution < 1.29 is 9.15 Å². The van der Waals surface area contributed by atoms with Gasteiger partial charge in [-0.25, -0.2) is 0 Å². The minimum atomic E-state index is 0.438. The van der Waals surface area contributed by atoms with Crippen molar-refractivity contribution in [3.05, 3.63) is 23.1 Å². The highest BCUT2D eigenvalue weighted by molar-refractivity contribution is 6.28. The summed E-state index contributed by atoms with van der Waals surface area (Å²) in [5.41, 5.74) is 0. The smallest absolute Gasteiger partial charge is 0.193 e. The molecule has 1 N–H and O–H groups in total. The Balaban J connectivity index is 1.69. The monoisotopic (exact) mass is 215 g/mol. The number of furan rings is 1. The Labute approximate surface area is 88.4 Å². The molecule has 78 valence electrons. The molecule has 1 saturated carbocycles. The summed E-state index contributed by atoms with van der Waals surface area (Å²) in [6.45, 7) is 0.744. The summed E-state index contributed by atoms with van der Waals surface area (Å²) in [4.78, 5) is 0. The zero-order valence-electron chi connectivity index (χ0n) is 8.13. The fourth-order valence-corrected chi connectivity index (χ4v) is 1.78. The van der Waals surface area contributed by atoms with E-state index >= 15 is 0 Å². The lowest BCUT2D eigenvalue weighted by Crippen LogP contribution is -2.44. The molecule has 4 heteroatoms. The fourth-order valence-electron chi connectivity index (χ4n) is 1.62. The third-order valence-corrected chi connectivity index (χ3v) is 2.83. The predicted molar refractivity (Wildman–Crippen MR) is 54.4 cm³/mol. The Kier molecular flexibility index (Phi) is 3.11. The highest BCUT2D eigenvalue weighted by Crippen LogP contribution is 2.23. The zero-order chi connectivity index (χ0) is 9.97. The molecule has 0 spiro atoms. The van der Waals surface area contributed by atoms with Gasteiger partial charge in [0, 0.05) is 13.2 Å². The molecule has 2 rings (SSSR count). The van der Waals surface area contributed by atoms with Crippen LogP contribution in [0, 0.1) is 0 Å². The van der Waals surface area contributed by atoms with Crippen LogP contribution in [-0.4, -0.2) is 19.3 Å². The van der Waals surface area contributed by atoms with Crippen LogP contribution < -0.4 is 5.32 Å². The molecule has 1 aliphatic rings. The van der Waals surface area contributed by atoms with E-state index in [-0.39, 0.29) is 0 Å². The van der Waals surface area contributed by atoms with Gasteiger partial charge in [-0.3, -0.25) is 0 Å². The molecule has 1 aliphatic carbocycles. The Morgan fingerprint density at radius 1 is 1.57 bits per heavy atom. The summed E-state index contributed by atoms with van der Waals surface area (Å²) in [5.74, 6) is 0.885. The first-order chi connectivity index (χ1) is 6.78. The van der Waals surface area contributed by atoms with Crippen LogP contribution in [0.3, 0.4) is 0 Å². The van der Waals surface area contributed by atoms with Gasteiger partial charge >= 0.3 is 0 Å². The fraction of sp³-hybridized carbons (Fsp3) is 0.600. The van der Waals surface area contributed by atoms with Crippen LogP contribution in [0.4, 0.5) is 0 Å². The van der Waals surface area contributed by atoms with E-state index in [1.54, 1.807) is 13.2 Å².